The molecule has 3 rings (SSSR count). The fourth-order valence-corrected chi connectivity index (χ4v) is 3.58. The Hall–Kier alpha value is -1.90. The summed E-state index contributed by atoms with van der Waals surface area (Å²) in [7, 11) is 0. The molecule has 0 saturated heterocycles. The van der Waals surface area contributed by atoms with Gasteiger partial charge in [0.25, 0.3) is 0 Å². The van der Waals surface area contributed by atoms with E-state index in [-0.39, 0.29) is 0 Å². The van der Waals surface area contributed by atoms with Crippen molar-refractivity contribution in [3.8, 4) is 6.07 Å². The maximum atomic E-state index is 9.04. The molecule has 0 amide bonds. The number of aromatic nitrogens is 2. The lowest BCUT2D eigenvalue weighted by molar-refractivity contribution is 0.814. The molecule has 5 heteroatoms. The number of aromatic amines is 1. The van der Waals surface area contributed by atoms with E-state index in [0.29, 0.717) is 10.3 Å². The lowest BCUT2D eigenvalue weighted by Crippen LogP contribution is -2.00. The summed E-state index contributed by atoms with van der Waals surface area (Å²) in [6.07, 6.45) is 1.03. The van der Waals surface area contributed by atoms with E-state index >= 15 is 0 Å². The molecule has 2 heterocycles. The van der Waals surface area contributed by atoms with Gasteiger partial charge in [0, 0.05) is 4.88 Å². The van der Waals surface area contributed by atoms with Gasteiger partial charge in [-0.25, -0.2) is 0 Å². The molecule has 3 nitrogen and oxygen atoms in total. The standard InChI is InChI=1S/C15H13N3S2/c1-2-11-5-6-20-14(11)9-18-13-7-10(8-16)3-4-12(13)17-15(18)19/h3-7H,2,9H2,1H3,(H,17,19). The first-order chi connectivity index (χ1) is 9.72. The van der Waals surface area contributed by atoms with Crippen LogP contribution in [0.4, 0.5) is 0 Å². The first kappa shape index (κ1) is 13.1. The summed E-state index contributed by atoms with van der Waals surface area (Å²) in [5, 5.41) is 11.2. The van der Waals surface area contributed by atoms with Crippen molar-refractivity contribution in [3.05, 3.63) is 50.4 Å². The summed E-state index contributed by atoms with van der Waals surface area (Å²) >= 11 is 7.17. The van der Waals surface area contributed by atoms with Gasteiger partial charge in [-0.1, -0.05) is 6.92 Å². The number of nitriles is 1. The fraction of sp³-hybridized carbons (Fsp3) is 0.200. The number of hydrogen-bond acceptors (Lipinski definition) is 3. The molecule has 2 aromatic heterocycles. The highest BCUT2D eigenvalue weighted by molar-refractivity contribution is 7.71. The Labute approximate surface area is 126 Å². The lowest BCUT2D eigenvalue weighted by Gasteiger charge is -2.05. The number of fused-ring (bicyclic) bond motifs is 1. The van der Waals surface area contributed by atoms with Gasteiger partial charge in [0.15, 0.2) is 4.77 Å². The summed E-state index contributed by atoms with van der Waals surface area (Å²) < 4.78 is 2.77. The van der Waals surface area contributed by atoms with E-state index < -0.39 is 0 Å². The van der Waals surface area contributed by atoms with E-state index in [1.165, 1.54) is 10.4 Å². The molecule has 1 aromatic carbocycles. The predicted molar refractivity (Wildman–Crippen MR) is 84.6 cm³/mol. The number of benzene rings is 1. The Bertz CT molecular complexity index is 861. The van der Waals surface area contributed by atoms with Crippen molar-refractivity contribution in [2.75, 3.05) is 0 Å². The Morgan fingerprint density at radius 1 is 1.40 bits per heavy atom. The molecular weight excluding hydrogens is 286 g/mol. The second-order valence-electron chi connectivity index (χ2n) is 4.58. The van der Waals surface area contributed by atoms with Crippen LogP contribution >= 0.6 is 23.6 Å². The normalized spacial score (nSPS) is 10.8. The maximum absolute atomic E-state index is 9.04. The van der Waals surface area contributed by atoms with Crippen LogP contribution in [0.25, 0.3) is 11.0 Å². The summed E-state index contributed by atoms with van der Waals surface area (Å²) in [4.78, 5) is 4.53. The molecule has 1 N–H and O–H groups in total. The summed E-state index contributed by atoms with van der Waals surface area (Å²) in [6.45, 7) is 2.92. The third kappa shape index (κ3) is 2.17. The molecule has 0 atom stereocenters. The van der Waals surface area contributed by atoms with E-state index in [1.54, 1.807) is 17.4 Å². The summed E-state index contributed by atoms with van der Waals surface area (Å²) in [5.74, 6) is 0. The molecule has 0 unspecified atom stereocenters. The zero-order valence-electron chi connectivity index (χ0n) is 11.0. The molecular formula is C15H13N3S2. The maximum Gasteiger partial charge on any atom is 0.178 e. The monoisotopic (exact) mass is 299 g/mol. The molecule has 0 aliphatic rings. The van der Waals surface area contributed by atoms with Gasteiger partial charge in [-0.3, -0.25) is 0 Å². The zero-order chi connectivity index (χ0) is 14.1. The van der Waals surface area contributed by atoms with Crippen LogP contribution < -0.4 is 0 Å². The van der Waals surface area contributed by atoms with E-state index in [0.717, 1.165) is 24.0 Å². The third-order valence-corrected chi connectivity index (χ3v) is 4.70. The van der Waals surface area contributed by atoms with E-state index in [9.17, 15) is 0 Å². The Kier molecular flexibility index (Phi) is 3.43. The molecule has 0 bridgehead atoms. The molecule has 100 valence electrons. The van der Waals surface area contributed by atoms with Crippen molar-refractivity contribution in [3.63, 3.8) is 0 Å². The fourth-order valence-electron chi connectivity index (χ4n) is 2.34. The van der Waals surface area contributed by atoms with Crippen LogP contribution in [0.2, 0.25) is 0 Å². The highest BCUT2D eigenvalue weighted by Crippen LogP contribution is 2.22. The minimum absolute atomic E-state index is 0.655. The highest BCUT2D eigenvalue weighted by atomic mass is 32.1. The van der Waals surface area contributed by atoms with Gasteiger partial charge in [-0.2, -0.15) is 5.26 Å². The molecule has 0 spiro atoms. The highest BCUT2D eigenvalue weighted by Gasteiger charge is 2.09. The quantitative estimate of drug-likeness (QED) is 0.735. The minimum atomic E-state index is 0.655. The number of thiophene rings is 1. The van der Waals surface area contributed by atoms with Crippen molar-refractivity contribution in [1.82, 2.24) is 9.55 Å². The number of aryl methyl sites for hydroxylation is 1. The smallest absolute Gasteiger partial charge is 0.178 e. The number of H-pyrrole nitrogens is 1. The van der Waals surface area contributed by atoms with Gasteiger partial charge in [-0.05, 0) is 53.8 Å². The van der Waals surface area contributed by atoms with Gasteiger partial charge in [0.2, 0.25) is 0 Å². The van der Waals surface area contributed by atoms with Crippen LogP contribution in [0.1, 0.15) is 22.9 Å². The van der Waals surface area contributed by atoms with Gasteiger partial charge in [0.1, 0.15) is 0 Å². The van der Waals surface area contributed by atoms with Crippen molar-refractivity contribution < 1.29 is 0 Å². The van der Waals surface area contributed by atoms with Crippen molar-refractivity contribution in [1.29, 1.82) is 5.26 Å². The average Bonchev–Trinajstić information content (AvgIpc) is 3.03. The van der Waals surface area contributed by atoms with E-state index in [4.69, 9.17) is 17.5 Å². The third-order valence-electron chi connectivity index (χ3n) is 3.42. The van der Waals surface area contributed by atoms with Crippen LogP contribution in [0.15, 0.2) is 29.6 Å². The van der Waals surface area contributed by atoms with Gasteiger partial charge in [0.05, 0.1) is 29.2 Å². The molecule has 0 saturated carbocycles. The Morgan fingerprint density at radius 3 is 3.00 bits per heavy atom. The molecule has 0 aliphatic carbocycles. The molecule has 0 fully saturated rings. The largest absolute Gasteiger partial charge is 0.331 e. The van der Waals surface area contributed by atoms with Crippen molar-refractivity contribution in [2.24, 2.45) is 0 Å². The zero-order valence-corrected chi connectivity index (χ0v) is 12.6. The molecule has 20 heavy (non-hydrogen) atoms. The summed E-state index contributed by atoms with van der Waals surface area (Å²) in [6, 6.07) is 9.95. The first-order valence-electron chi connectivity index (χ1n) is 6.41. The van der Waals surface area contributed by atoms with Crippen LogP contribution in [-0.4, -0.2) is 9.55 Å². The lowest BCUT2D eigenvalue weighted by atomic mass is 10.2. The molecule has 0 radical (unpaired) electrons. The van der Waals surface area contributed by atoms with Gasteiger partial charge >= 0.3 is 0 Å². The van der Waals surface area contributed by atoms with Crippen LogP contribution in [-0.2, 0) is 13.0 Å². The van der Waals surface area contributed by atoms with E-state index in [1.807, 2.05) is 12.1 Å². The SMILES string of the molecule is CCc1ccsc1Cn1c(=S)[nH]c2ccc(C#N)cc21. The number of nitrogens with zero attached hydrogens (tertiary/aromatic N) is 2. The Morgan fingerprint density at radius 2 is 2.25 bits per heavy atom. The number of nitrogens with one attached hydrogen (secondary N) is 1. The van der Waals surface area contributed by atoms with Crippen molar-refractivity contribution >= 4 is 34.6 Å². The van der Waals surface area contributed by atoms with Crippen LogP contribution in [0.5, 0.6) is 0 Å². The average molecular weight is 299 g/mol. The second kappa shape index (κ2) is 5.23. The number of hydrogen-bond donors (Lipinski definition) is 1. The second-order valence-corrected chi connectivity index (χ2v) is 5.97. The van der Waals surface area contributed by atoms with Crippen LogP contribution in [0, 0.1) is 16.1 Å². The van der Waals surface area contributed by atoms with Crippen LogP contribution in [0.3, 0.4) is 0 Å². The van der Waals surface area contributed by atoms with Gasteiger partial charge in [-0.15, -0.1) is 11.3 Å². The van der Waals surface area contributed by atoms with Crippen molar-refractivity contribution in [2.45, 2.75) is 19.9 Å². The molecule has 0 aliphatic heterocycles. The van der Waals surface area contributed by atoms with Gasteiger partial charge < -0.3 is 9.55 Å². The Balaban J connectivity index is 2.13. The summed E-state index contributed by atoms with van der Waals surface area (Å²) in [5.41, 5.74) is 3.98. The minimum Gasteiger partial charge on any atom is -0.331 e. The number of rotatable bonds is 3. The number of imidazole rings is 1. The molecule has 3 aromatic rings. The topological polar surface area (TPSA) is 44.5 Å². The van der Waals surface area contributed by atoms with E-state index in [2.05, 4.69) is 34.0 Å². The predicted octanol–water partition coefficient (Wildman–Crippen LogP) is 4.24. The first-order valence-corrected chi connectivity index (χ1v) is 7.69.